The molecule has 2 unspecified atom stereocenters. The van der Waals surface area contributed by atoms with Crippen molar-refractivity contribution >= 4 is 40.8 Å². The number of rotatable bonds is 9. The molecule has 18 heteroatoms. The molecule has 0 saturated carbocycles. The molecule has 1 amide bonds. The Bertz CT molecular complexity index is 1540. The summed E-state index contributed by atoms with van der Waals surface area (Å²) in [7, 11) is 0. The van der Waals surface area contributed by atoms with Gasteiger partial charge in [-0.05, 0) is 42.3 Å². The fourth-order valence-corrected chi connectivity index (χ4v) is 4.72. The van der Waals surface area contributed by atoms with E-state index in [2.05, 4.69) is 20.6 Å². The minimum atomic E-state index is -5.05. The van der Waals surface area contributed by atoms with Crippen LogP contribution < -0.4 is 5.32 Å². The van der Waals surface area contributed by atoms with Crippen LogP contribution in [-0.2, 0) is 23.4 Å². The van der Waals surface area contributed by atoms with Crippen LogP contribution in [0.3, 0.4) is 0 Å². The van der Waals surface area contributed by atoms with Gasteiger partial charge >= 0.3 is 6.18 Å². The van der Waals surface area contributed by atoms with Gasteiger partial charge in [0.2, 0.25) is 5.95 Å². The molecule has 4 rings (SSSR count). The maximum atomic E-state index is 14.3. The van der Waals surface area contributed by atoms with Gasteiger partial charge in [-0.1, -0.05) is 34.4 Å². The predicted octanol–water partition coefficient (Wildman–Crippen LogP) is 7.28. The number of aryl methyl sites for hydroxylation is 1. The third-order valence-corrected chi connectivity index (χ3v) is 6.93. The van der Waals surface area contributed by atoms with Crippen molar-refractivity contribution < 1.29 is 49.1 Å². The minimum Gasteiger partial charge on any atom is -0.374 e. The molecule has 1 aliphatic rings. The van der Waals surface area contributed by atoms with E-state index in [1.165, 1.54) is 25.1 Å². The fraction of sp³-hybridized carbons (Fsp3) is 0.360. The molecule has 43 heavy (non-hydrogen) atoms. The van der Waals surface area contributed by atoms with Crippen molar-refractivity contribution in [3.8, 4) is 0 Å². The minimum absolute atomic E-state index is 0.0508. The van der Waals surface area contributed by atoms with Crippen molar-refractivity contribution in [3.63, 3.8) is 0 Å². The van der Waals surface area contributed by atoms with Crippen LogP contribution in [0.5, 0.6) is 0 Å². The lowest BCUT2D eigenvalue weighted by Gasteiger charge is -2.29. The maximum Gasteiger partial charge on any atom is 0.435 e. The van der Waals surface area contributed by atoms with Gasteiger partial charge in [0.05, 0.1) is 15.8 Å². The second kappa shape index (κ2) is 12.2. The standard InChI is InChI=1S/C25H18Cl2F9N5O2/c1-10-4-11(17-8-24(43-40-17,25(34,35)36)12-5-14(26)20(31)15(27)6-12)2-3-13(10)22(42)38-23-37-19(7-16(28)21(32)33)41(39-23)9-18(29)30/h2-6,16,18,21H,7-9H2,1H3,(H,38,39,42). The molecule has 3 aromatic rings. The summed E-state index contributed by atoms with van der Waals surface area (Å²) in [6.07, 6.45) is -16.1. The van der Waals surface area contributed by atoms with Gasteiger partial charge in [0.1, 0.15) is 12.4 Å². The second-order valence-corrected chi connectivity index (χ2v) is 10.2. The summed E-state index contributed by atoms with van der Waals surface area (Å²) in [5.41, 5.74) is -3.53. The molecule has 2 aromatic carbocycles. The number of halogens is 11. The smallest absolute Gasteiger partial charge is 0.374 e. The molecule has 7 nitrogen and oxygen atoms in total. The number of aromatic nitrogens is 3. The Balaban J connectivity index is 1.56. The van der Waals surface area contributed by atoms with E-state index in [4.69, 9.17) is 28.0 Å². The molecule has 1 N–H and O–H groups in total. The number of carbonyl (C=O) groups is 1. The first-order valence-electron chi connectivity index (χ1n) is 12.1. The SMILES string of the molecule is Cc1cc(C2=NOC(c3cc(Cl)c(F)c(Cl)c3)(C(F)(F)F)C2)ccc1C(=O)Nc1nc(CC(F)C(F)F)n(CC(F)F)n1. The largest absolute Gasteiger partial charge is 0.435 e. The second-order valence-electron chi connectivity index (χ2n) is 9.35. The summed E-state index contributed by atoms with van der Waals surface area (Å²) >= 11 is 11.4. The highest BCUT2D eigenvalue weighted by Gasteiger charge is 2.62. The summed E-state index contributed by atoms with van der Waals surface area (Å²) in [5, 5.41) is 8.09. The molecule has 1 aromatic heterocycles. The van der Waals surface area contributed by atoms with Crippen molar-refractivity contribution in [2.24, 2.45) is 5.16 Å². The summed E-state index contributed by atoms with van der Waals surface area (Å²) < 4.78 is 122. The lowest BCUT2D eigenvalue weighted by atomic mass is 9.86. The first kappa shape index (κ1) is 32.4. The van der Waals surface area contributed by atoms with Gasteiger partial charge in [0.15, 0.2) is 12.0 Å². The van der Waals surface area contributed by atoms with Gasteiger partial charge in [-0.3, -0.25) is 10.1 Å². The van der Waals surface area contributed by atoms with E-state index in [1.807, 2.05) is 0 Å². The van der Waals surface area contributed by atoms with Crippen LogP contribution in [0.4, 0.5) is 45.5 Å². The quantitative estimate of drug-likeness (QED) is 0.193. The van der Waals surface area contributed by atoms with Crippen molar-refractivity contribution in [2.75, 3.05) is 5.32 Å². The van der Waals surface area contributed by atoms with E-state index < -0.39 is 89.3 Å². The van der Waals surface area contributed by atoms with Gasteiger partial charge in [0.25, 0.3) is 24.4 Å². The average molecular weight is 662 g/mol. The Kier molecular flexibility index (Phi) is 9.21. The third-order valence-electron chi connectivity index (χ3n) is 6.38. The highest BCUT2D eigenvalue weighted by Crippen LogP contribution is 2.50. The van der Waals surface area contributed by atoms with Crippen molar-refractivity contribution in [1.29, 1.82) is 0 Å². The Morgan fingerprint density at radius 2 is 1.77 bits per heavy atom. The molecular weight excluding hydrogens is 644 g/mol. The van der Waals surface area contributed by atoms with E-state index in [0.29, 0.717) is 4.68 Å². The number of nitrogens with zero attached hydrogens (tertiary/aromatic N) is 4. The topological polar surface area (TPSA) is 81.4 Å². The number of oxime groups is 1. The van der Waals surface area contributed by atoms with Gasteiger partial charge in [-0.2, -0.15) is 18.2 Å². The van der Waals surface area contributed by atoms with E-state index in [-0.39, 0.29) is 22.4 Å². The number of benzene rings is 2. The van der Waals surface area contributed by atoms with Crippen LogP contribution >= 0.6 is 23.2 Å². The van der Waals surface area contributed by atoms with Crippen LogP contribution in [0.15, 0.2) is 35.5 Å². The Labute approximate surface area is 246 Å². The van der Waals surface area contributed by atoms with Gasteiger partial charge in [-0.25, -0.2) is 31.0 Å². The number of anilines is 1. The number of nitrogens with one attached hydrogen (secondary N) is 1. The maximum absolute atomic E-state index is 14.3. The third kappa shape index (κ3) is 6.69. The zero-order valence-corrected chi connectivity index (χ0v) is 23.0. The number of alkyl halides is 8. The summed E-state index contributed by atoms with van der Waals surface area (Å²) in [4.78, 5) is 21.4. The Hall–Kier alpha value is -3.53. The highest BCUT2D eigenvalue weighted by atomic mass is 35.5. The van der Waals surface area contributed by atoms with Crippen LogP contribution in [0, 0.1) is 12.7 Å². The number of hydrogen-bond acceptors (Lipinski definition) is 5. The van der Waals surface area contributed by atoms with Crippen LogP contribution in [0.2, 0.25) is 10.0 Å². The van der Waals surface area contributed by atoms with E-state index in [0.717, 1.165) is 12.1 Å². The van der Waals surface area contributed by atoms with Crippen LogP contribution in [0.1, 0.15) is 39.3 Å². The summed E-state index contributed by atoms with van der Waals surface area (Å²) in [6, 6.07) is 5.26. The van der Waals surface area contributed by atoms with Gasteiger partial charge < -0.3 is 4.84 Å². The first-order chi connectivity index (χ1) is 20.0. The highest BCUT2D eigenvalue weighted by molar-refractivity contribution is 6.35. The molecular formula is C25H18Cl2F9N5O2. The predicted molar refractivity (Wildman–Crippen MR) is 136 cm³/mol. The normalized spacial score (nSPS) is 17.8. The molecule has 0 aliphatic carbocycles. The number of carbonyl (C=O) groups excluding carboxylic acids is 1. The van der Waals surface area contributed by atoms with Crippen LogP contribution in [-0.4, -0.2) is 51.6 Å². The van der Waals surface area contributed by atoms with E-state index in [1.54, 1.807) is 0 Å². The Morgan fingerprint density at radius 3 is 2.33 bits per heavy atom. The number of amides is 1. The summed E-state index contributed by atoms with van der Waals surface area (Å²) in [6.45, 7) is 0.331. The molecule has 0 spiro atoms. The molecule has 2 heterocycles. The van der Waals surface area contributed by atoms with Crippen LogP contribution in [0.25, 0.3) is 0 Å². The van der Waals surface area contributed by atoms with Crippen molar-refractivity contribution in [2.45, 2.75) is 57.1 Å². The monoisotopic (exact) mass is 661 g/mol. The number of hydrogen-bond donors (Lipinski definition) is 1. The van der Waals surface area contributed by atoms with E-state index >= 15 is 0 Å². The lowest BCUT2D eigenvalue weighted by Crippen LogP contribution is -2.42. The molecule has 232 valence electrons. The fourth-order valence-electron chi connectivity index (χ4n) is 4.23. The first-order valence-corrected chi connectivity index (χ1v) is 12.8. The summed E-state index contributed by atoms with van der Waals surface area (Å²) in [5.74, 6) is -3.11. The zero-order valence-electron chi connectivity index (χ0n) is 21.5. The molecule has 2 atom stereocenters. The van der Waals surface area contributed by atoms with Crippen molar-refractivity contribution in [1.82, 2.24) is 14.8 Å². The zero-order chi connectivity index (χ0) is 31.9. The van der Waals surface area contributed by atoms with E-state index in [9.17, 15) is 44.3 Å². The molecule has 0 radical (unpaired) electrons. The molecule has 0 saturated heterocycles. The van der Waals surface area contributed by atoms with Gasteiger partial charge in [0, 0.05) is 24.0 Å². The van der Waals surface area contributed by atoms with Gasteiger partial charge in [-0.15, -0.1) is 5.10 Å². The molecule has 0 fully saturated rings. The molecule has 1 aliphatic heterocycles. The average Bonchev–Trinajstić information content (AvgIpc) is 3.51. The Morgan fingerprint density at radius 1 is 1.12 bits per heavy atom. The van der Waals surface area contributed by atoms with Crippen molar-refractivity contribution in [3.05, 3.63) is 74.3 Å². The lowest BCUT2D eigenvalue weighted by molar-refractivity contribution is -0.275. The molecule has 0 bridgehead atoms.